The first kappa shape index (κ1) is 11.7. The van der Waals surface area contributed by atoms with E-state index in [9.17, 15) is 0 Å². The van der Waals surface area contributed by atoms with E-state index in [0.717, 1.165) is 48.5 Å². The molecule has 1 saturated heterocycles. The van der Waals surface area contributed by atoms with Crippen LogP contribution in [0, 0.1) is 11.6 Å². The predicted octanol–water partition coefficient (Wildman–Crippen LogP) is 2.90. The lowest BCUT2D eigenvalue weighted by atomic mass is 10.0. The van der Waals surface area contributed by atoms with Gasteiger partial charge in [-0.05, 0) is 26.2 Å². The van der Waals surface area contributed by atoms with Gasteiger partial charge in [0.1, 0.15) is 10.5 Å². The molecule has 1 aromatic rings. The lowest BCUT2D eigenvalue weighted by molar-refractivity contribution is 0.0779. The Morgan fingerprint density at radius 1 is 1.56 bits per heavy atom. The van der Waals surface area contributed by atoms with Gasteiger partial charge in [-0.2, -0.15) is 0 Å². The molecule has 1 fully saturated rings. The molecule has 0 aliphatic carbocycles. The van der Waals surface area contributed by atoms with E-state index >= 15 is 0 Å². The summed E-state index contributed by atoms with van der Waals surface area (Å²) in [5.41, 5.74) is 2.32. The van der Waals surface area contributed by atoms with E-state index in [-0.39, 0.29) is 0 Å². The second-order valence-electron chi connectivity index (χ2n) is 4.30. The number of H-pyrrole nitrogens is 1. The van der Waals surface area contributed by atoms with Crippen LogP contribution in [0.4, 0.5) is 0 Å². The lowest BCUT2D eigenvalue weighted by Gasteiger charge is -2.22. The Hall–Kier alpha value is -0.740. The number of hydrogen-bond donors (Lipinski definition) is 1. The summed E-state index contributed by atoms with van der Waals surface area (Å²) in [6, 6.07) is 0. The fourth-order valence-electron chi connectivity index (χ4n) is 2.10. The Kier molecular flexibility index (Phi) is 3.71. The van der Waals surface area contributed by atoms with Gasteiger partial charge >= 0.3 is 0 Å². The van der Waals surface area contributed by atoms with Crippen molar-refractivity contribution in [1.82, 2.24) is 9.97 Å². The van der Waals surface area contributed by atoms with Crippen molar-refractivity contribution in [3.8, 4) is 0 Å². The van der Waals surface area contributed by atoms with Crippen LogP contribution in [-0.4, -0.2) is 23.2 Å². The van der Waals surface area contributed by atoms with Gasteiger partial charge in [0.15, 0.2) is 0 Å². The quantitative estimate of drug-likeness (QED) is 0.805. The molecule has 16 heavy (non-hydrogen) atoms. The summed E-state index contributed by atoms with van der Waals surface area (Å²) in [7, 11) is 0. The highest BCUT2D eigenvalue weighted by atomic mass is 32.1. The smallest absolute Gasteiger partial charge is 0.132 e. The second-order valence-corrected chi connectivity index (χ2v) is 4.69. The number of nitrogens with zero attached hydrogens (tertiary/aromatic N) is 1. The molecule has 1 aromatic heterocycles. The Bertz CT molecular complexity index is 422. The van der Waals surface area contributed by atoms with Crippen molar-refractivity contribution in [3.63, 3.8) is 0 Å². The minimum atomic E-state index is 0.390. The first-order chi connectivity index (χ1) is 7.72. The average Bonchev–Trinajstić information content (AvgIpc) is 2.33. The maximum absolute atomic E-state index is 5.49. The van der Waals surface area contributed by atoms with Gasteiger partial charge in [-0.25, -0.2) is 4.98 Å². The molecular formula is C12H18N2OS. The molecule has 1 N–H and O–H groups in total. The summed E-state index contributed by atoms with van der Waals surface area (Å²) in [5, 5.41) is 0. The molecule has 0 saturated carbocycles. The van der Waals surface area contributed by atoms with Gasteiger partial charge in [0.25, 0.3) is 0 Å². The molecule has 2 rings (SSSR count). The van der Waals surface area contributed by atoms with E-state index in [1.807, 2.05) is 6.92 Å². The molecule has 2 heterocycles. The maximum Gasteiger partial charge on any atom is 0.132 e. The van der Waals surface area contributed by atoms with Crippen molar-refractivity contribution in [2.75, 3.05) is 13.2 Å². The molecule has 0 aromatic carbocycles. The van der Waals surface area contributed by atoms with Crippen LogP contribution in [-0.2, 0) is 11.2 Å². The van der Waals surface area contributed by atoms with Crippen molar-refractivity contribution in [3.05, 3.63) is 21.7 Å². The van der Waals surface area contributed by atoms with Crippen molar-refractivity contribution < 1.29 is 4.74 Å². The van der Waals surface area contributed by atoms with Crippen molar-refractivity contribution in [1.29, 1.82) is 0 Å². The summed E-state index contributed by atoms with van der Waals surface area (Å²) in [4.78, 5) is 7.90. The predicted molar refractivity (Wildman–Crippen MR) is 66.3 cm³/mol. The van der Waals surface area contributed by atoms with Gasteiger partial charge < -0.3 is 9.72 Å². The summed E-state index contributed by atoms with van der Waals surface area (Å²) in [6.07, 6.45) is 3.23. The third-order valence-electron chi connectivity index (χ3n) is 3.17. The Morgan fingerprint density at radius 2 is 2.38 bits per heavy atom. The summed E-state index contributed by atoms with van der Waals surface area (Å²) in [5.74, 6) is 1.40. The summed E-state index contributed by atoms with van der Waals surface area (Å²) < 4.78 is 6.22. The molecule has 0 radical (unpaired) electrons. The normalized spacial score (nSPS) is 21.0. The van der Waals surface area contributed by atoms with Crippen LogP contribution in [0.25, 0.3) is 0 Å². The van der Waals surface area contributed by atoms with Gasteiger partial charge in [-0.3, -0.25) is 0 Å². The van der Waals surface area contributed by atoms with Gasteiger partial charge in [0, 0.05) is 23.8 Å². The number of hydrogen-bond acceptors (Lipinski definition) is 3. The monoisotopic (exact) mass is 238 g/mol. The molecule has 88 valence electrons. The van der Waals surface area contributed by atoms with E-state index in [2.05, 4.69) is 16.9 Å². The lowest BCUT2D eigenvalue weighted by Crippen LogP contribution is -2.18. The van der Waals surface area contributed by atoms with Crippen LogP contribution in [0.1, 0.15) is 42.8 Å². The van der Waals surface area contributed by atoms with E-state index in [1.54, 1.807) is 0 Å². The highest BCUT2D eigenvalue weighted by Crippen LogP contribution is 2.23. The Balaban J connectivity index is 2.33. The van der Waals surface area contributed by atoms with E-state index < -0.39 is 0 Å². The fourth-order valence-corrected chi connectivity index (χ4v) is 2.32. The zero-order chi connectivity index (χ0) is 11.5. The van der Waals surface area contributed by atoms with Crippen molar-refractivity contribution in [2.24, 2.45) is 0 Å². The minimum absolute atomic E-state index is 0.390. The molecule has 0 amide bonds. The number of nitrogens with one attached hydrogen (secondary N) is 1. The fraction of sp³-hybridized carbons (Fsp3) is 0.667. The van der Waals surface area contributed by atoms with E-state index in [4.69, 9.17) is 17.0 Å². The third-order valence-corrected chi connectivity index (χ3v) is 3.57. The molecule has 1 unspecified atom stereocenters. The Morgan fingerprint density at radius 3 is 3.00 bits per heavy atom. The minimum Gasteiger partial charge on any atom is -0.381 e. The Labute approximate surface area is 101 Å². The highest BCUT2D eigenvalue weighted by molar-refractivity contribution is 7.71. The number of ether oxygens (including phenoxy) is 1. The van der Waals surface area contributed by atoms with Gasteiger partial charge in [-0.15, -0.1) is 0 Å². The highest BCUT2D eigenvalue weighted by Gasteiger charge is 2.18. The zero-order valence-corrected chi connectivity index (χ0v) is 10.7. The third kappa shape index (κ3) is 2.33. The molecule has 1 aliphatic heterocycles. The van der Waals surface area contributed by atoms with Crippen molar-refractivity contribution >= 4 is 12.2 Å². The number of aromatic nitrogens is 2. The van der Waals surface area contributed by atoms with Crippen LogP contribution < -0.4 is 0 Å². The molecule has 1 aliphatic rings. The number of aromatic amines is 1. The van der Waals surface area contributed by atoms with Crippen LogP contribution >= 0.6 is 12.2 Å². The van der Waals surface area contributed by atoms with Gasteiger partial charge in [0.2, 0.25) is 0 Å². The summed E-state index contributed by atoms with van der Waals surface area (Å²) in [6.45, 7) is 5.81. The molecule has 0 bridgehead atoms. The second kappa shape index (κ2) is 5.06. The van der Waals surface area contributed by atoms with E-state index in [0.29, 0.717) is 5.92 Å². The van der Waals surface area contributed by atoms with Crippen LogP contribution in [0.15, 0.2) is 0 Å². The molecule has 0 spiro atoms. The molecule has 3 nitrogen and oxygen atoms in total. The van der Waals surface area contributed by atoms with Crippen LogP contribution in [0.5, 0.6) is 0 Å². The van der Waals surface area contributed by atoms with Crippen LogP contribution in [0.2, 0.25) is 0 Å². The maximum atomic E-state index is 5.49. The standard InChI is InChI=1S/C12H18N2OS/c1-3-10-8(2)12(16)14-11(13-10)9-5-4-6-15-7-9/h9H,3-7H2,1-2H3,(H,13,14,16). The van der Waals surface area contributed by atoms with Crippen LogP contribution in [0.3, 0.4) is 0 Å². The molecule has 4 heteroatoms. The average molecular weight is 238 g/mol. The largest absolute Gasteiger partial charge is 0.381 e. The number of aryl methyl sites for hydroxylation is 1. The first-order valence-electron chi connectivity index (χ1n) is 5.89. The SMILES string of the molecule is CCc1[nH]c(C2CCCOC2)nc(=S)c1C. The topological polar surface area (TPSA) is 37.9 Å². The van der Waals surface area contributed by atoms with Gasteiger partial charge in [0.05, 0.1) is 6.61 Å². The summed E-state index contributed by atoms with van der Waals surface area (Å²) >= 11 is 5.29. The van der Waals surface area contributed by atoms with E-state index in [1.165, 1.54) is 5.69 Å². The molecular weight excluding hydrogens is 220 g/mol. The van der Waals surface area contributed by atoms with Crippen molar-refractivity contribution in [2.45, 2.75) is 39.0 Å². The first-order valence-corrected chi connectivity index (χ1v) is 6.30. The van der Waals surface area contributed by atoms with Gasteiger partial charge in [-0.1, -0.05) is 19.1 Å². The zero-order valence-electron chi connectivity index (χ0n) is 9.88. The number of rotatable bonds is 2. The molecule has 1 atom stereocenters.